The molecule has 0 aliphatic heterocycles. The van der Waals surface area contributed by atoms with Crippen molar-refractivity contribution < 1.29 is 8.78 Å². The molecule has 5 nitrogen and oxygen atoms in total. The normalized spacial score (nSPS) is 23.9. The molecule has 0 radical (unpaired) electrons. The molecule has 84 valence electrons. The van der Waals surface area contributed by atoms with Crippen molar-refractivity contribution in [2.45, 2.75) is 37.0 Å². The minimum absolute atomic E-state index is 0.154. The fraction of sp³-hybridized carbons (Fsp3) is 0.875. The number of nitrogens with two attached hydrogens (primary N) is 1. The summed E-state index contributed by atoms with van der Waals surface area (Å²) in [6.07, 6.45) is 0.323. The van der Waals surface area contributed by atoms with E-state index in [0.717, 1.165) is 0 Å². The highest BCUT2D eigenvalue weighted by atomic mass is 19.3. The van der Waals surface area contributed by atoms with Gasteiger partial charge in [0.1, 0.15) is 0 Å². The topological polar surface area (TPSA) is 80.5 Å². The van der Waals surface area contributed by atoms with Gasteiger partial charge in [-0.1, -0.05) is 5.21 Å². The van der Waals surface area contributed by atoms with Crippen molar-refractivity contribution in [1.29, 1.82) is 0 Å². The van der Waals surface area contributed by atoms with E-state index in [4.69, 9.17) is 5.73 Å². The molecule has 2 rings (SSSR count). The first-order valence-corrected chi connectivity index (χ1v) is 4.90. The molecule has 1 heterocycles. The van der Waals surface area contributed by atoms with Crippen LogP contribution >= 0.6 is 0 Å². The van der Waals surface area contributed by atoms with Gasteiger partial charge in [0.05, 0.1) is 0 Å². The maximum atomic E-state index is 13.0. The van der Waals surface area contributed by atoms with Gasteiger partial charge >= 0.3 is 0 Å². The van der Waals surface area contributed by atoms with Gasteiger partial charge < -0.3 is 5.73 Å². The largest absolute Gasteiger partial charge is 0.329 e. The molecule has 1 aliphatic rings. The van der Waals surface area contributed by atoms with E-state index in [1.165, 1.54) is 0 Å². The van der Waals surface area contributed by atoms with Gasteiger partial charge in [-0.15, -0.1) is 10.2 Å². The van der Waals surface area contributed by atoms with Gasteiger partial charge in [-0.25, -0.2) is 8.78 Å². The highest BCUT2D eigenvalue weighted by molar-refractivity contribution is 5.09. The van der Waals surface area contributed by atoms with E-state index in [-0.39, 0.29) is 19.4 Å². The van der Waals surface area contributed by atoms with Crippen molar-refractivity contribution in [2.75, 3.05) is 6.54 Å². The summed E-state index contributed by atoms with van der Waals surface area (Å²) < 4.78 is 26.0. The fourth-order valence-electron chi connectivity index (χ4n) is 2.00. The maximum absolute atomic E-state index is 13.0. The van der Waals surface area contributed by atoms with Gasteiger partial charge in [0.2, 0.25) is 5.92 Å². The standard InChI is InChI=1S/C8H13F2N5/c9-8(10)3-1-7(5-11,2-4-8)6-12-14-15-13-6/h1-5,11H2,(H,12,13,14,15). The second kappa shape index (κ2) is 3.48. The van der Waals surface area contributed by atoms with Crippen molar-refractivity contribution in [3.63, 3.8) is 0 Å². The number of aromatic amines is 1. The summed E-state index contributed by atoms with van der Waals surface area (Å²) in [6, 6.07) is 0. The molecule has 1 saturated carbocycles. The van der Waals surface area contributed by atoms with Crippen LogP contribution in [-0.4, -0.2) is 33.1 Å². The summed E-state index contributed by atoms with van der Waals surface area (Å²) >= 11 is 0. The van der Waals surface area contributed by atoms with Crippen LogP contribution in [0.25, 0.3) is 0 Å². The molecular weight excluding hydrogens is 204 g/mol. The first-order valence-electron chi connectivity index (χ1n) is 4.90. The molecule has 0 aromatic carbocycles. The van der Waals surface area contributed by atoms with Crippen LogP contribution in [0.1, 0.15) is 31.5 Å². The van der Waals surface area contributed by atoms with E-state index in [1.807, 2.05) is 0 Å². The van der Waals surface area contributed by atoms with E-state index < -0.39 is 11.3 Å². The monoisotopic (exact) mass is 217 g/mol. The average molecular weight is 217 g/mol. The number of hydrogen-bond donors (Lipinski definition) is 2. The van der Waals surface area contributed by atoms with E-state index in [2.05, 4.69) is 20.6 Å². The predicted octanol–water partition coefficient (Wildman–Crippen LogP) is 0.605. The van der Waals surface area contributed by atoms with Crippen molar-refractivity contribution in [3.8, 4) is 0 Å². The van der Waals surface area contributed by atoms with Crippen molar-refractivity contribution in [3.05, 3.63) is 5.82 Å². The van der Waals surface area contributed by atoms with Crippen LogP contribution in [0.5, 0.6) is 0 Å². The first kappa shape index (κ1) is 10.4. The zero-order chi connectivity index (χ0) is 10.9. The molecule has 1 aromatic rings. The van der Waals surface area contributed by atoms with Crippen LogP contribution in [0, 0.1) is 0 Å². The lowest BCUT2D eigenvalue weighted by atomic mass is 9.72. The lowest BCUT2D eigenvalue weighted by molar-refractivity contribution is -0.0519. The molecule has 0 spiro atoms. The van der Waals surface area contributed by atoms with Gasteiger partial charge in [-0.3, -0.25) is 0 Å². The molecule has 0 bridgehead atoms. The summed E-state index contributed by atoms with van der Waals surface area (Å²) in [5, 5.41) is 13.5. The van der Waals surface area contributed by atoms with Crippen LogP contribution in [0.3, 0.4) is 0 Å². The lowest BCUT2D eigenvalue weighted by Gasteiger charge is -2.36. The highest BCUT2D eigenvalue weighted by Crippen LogP contribution is 2.43. The Labute approximate surface area is 85.4 Å². The van der Waals surface area contributed by atoms with Crippen molar-refractivity contribution in [1.82, 2.24) is 20.6 Å². The smallest absolute Gasteiger partial charge is 0.248 e. The quantitative estimate of drug-likeness (QED) is 0.760. The Bertz CT molecular complexity index is 314. The van der Waals surface area contributed by atoms with Gasteiger partial charge in [0.25, 0.3) is 0 Å². The average Bonchev–Trinajstić information content (AvgIpc) is 2.72. The summed E-state index contributed by atoms with van der Waals surface area (Å²) in [5.41, 5.74) is 5.13. The van der Waals surface area contributed by atoms with E-state index in [9.17, 15) is 8.78 Å². The molecule has 0 atom stereocenters. The van der Waals surface area contributed by atoms with Crippen molar-refractivity contribution >= 4 is 0 Å². The molecule has 7 heteroatoms. The molecule has 1 aromatic heterocycles. The van der Waals surface area contributed by atoms with Crippen LogP contribution in [0.15, 0.2) is 0 Å². The predicted molar refractivity (Wildman–Crippen MR) is 48.3 cm³/mol. The molecular formula is C8H13F2N5. The van der Waals surface area contributed by atoms with Gasteiger partial charge in [0, 0.05) is 24.8 Å². The third kappa shape index (κ3) is 1.83. The highest BCUT2D eigenvalue weighted by Gasteiger charge is 2.45. The van der Waals surface area contributed by atoms with Crippen LogP contribution in [-0.2, 0) is 5.41 Å². The summed E-state index contributed by atoms with van der Waals surface area (Å²) in [6.45, 7) is 0.280. The molecule has 0 saturated heterocycles. The number of hydrogen-bond acceptors (Lipinski definition) is 4. The molecule has 1 fully saturated rings. The molecule has 0 amide bonds. The Morgan fingerprint density at radius 3 is 2.40 bits per heavy atom. The van der Waals surface area contributed by atoms with Gasteiger partial charge in [0.15, 0.2) is 5.82 Å². The Balaban J connectivity index is 2.19. The third-order valence-electron chi connectivity index (χ3n) is 3.15. The lowest BCUT2D eigenvalue weighted by Crippen LogP contribution is -2.42. The Morgan fingerprint density at radius 1 is 1.27 bits per heavy atom. The van der Waals surface area contributed by atoms with Gasteiger partial charge in [-0.05, 0) is 12.8 Å². The minimum atomic E-state index is -2.57. The molecule has 1 aliphatic carbocycles. The summed E-state index contributed by atoms with van der Waals surface area (Å²) in [7, 11) is 0. The number of tetrazole rings is 1. The fourth-order valence-corrected chi connectivity index (χ4v) is 2.00. The number of halogens is 2. The van der Waals surface area contributed by atoms with Crippen LogP contribution in [0.2, 0.25) is 0 Å². The summed E-state index contributed by atoms with van der Waals surface area (Å²) in [5.74, 6) is -2.11. The van der Waals surface area contributed by atoms with Gasteiger partial charge in [-0.2, -0.15) is 5.21 Å². The van der Waals surface area contributed by atoms with Crippen LogP contribution in [0.4, 0.5) is 8.78 Å². The van der Waals surface area contributed by atoms with E-state index in [1.54, 1.807) is 0 Å². The third-order valence-corrected chi connectivity index (χ3v) is 3.15. The van der Waals surface area contributed by atoms with Crippen molar-refractivity contribution in [2.24, 2.45) is 5.73 Å². The first-order chi connectivity index (χ1) is 7.08. The number of nitrogens with one attached hydrogen (secondary N) is 1. The van der Waals surface area contributed by atoms with E-state index in [0.29, 0.717) is 18.7 Å². The maximum Gasteiger partial charge on any atom is 0.248 e. The minimum Gasteiger partial charge on any atom is -0.329 e. The second-order valence-corrected chi connectivity index (χ2v) is 4.08. The number of H-pyrrole nitrogens is 1. The zero-order valence-corrected chi connectivity index (χ0v) is 8.21. The second-order valence-electron chi connectivity index (χ2n) is 4.08. The number of aromatic nitrogens is 4. The Kier molecular flexibility index (Phi) is 2.41. The molecule has 0 unspecified atom stereocenters. The van der Waals surface area contributed by atoms with Crippen LogP contribution < -0.4 is 5.73 Å². The molecule has 15 heavy (non-hydrogen) atoms. The number of nitrogens with zero attached hydrogens (tertiary/aromatic N) is 3. The number of alkyl halides is 2. The summed E-state index contributed by atoms with van der Waals surface area (Å²) in [4.78, 5) is 0. The Morgan fingerprint density at radius 2 is 1.93 bits per heavy atom. The SMILES string of the molecule is NCC1(c2nn[nH]n2)CCC(F)(F)CC1. The zero-order valence-electron chi connectivity index (χ0n) is 8.21. The van der Waals surface area contributed by atoms with E-state index >= 15 is 0 Å². The Hall–Kier alpha value is -1.11. The number of rotatable bonds is 2. The molecule has 3 N–H and O–H groups in total.